The average Bonchev–Trinajstić information content (AvgIpc) is 2.62. The van der Waals surface area contributed by atoms with Gasteiger partial charge >= 0.3 is 5.97 Å². The smallest absolute Gasteiger partial charge is 0.309 e. The maximum absolute atomic E-state index is 11.5. The van der Waals surface area contributed by atoms with Gasteiger partial charge in [-0.3, -0.25) is 9.59 Å². The Hall–Kier alpha value is -1.64. The minimum atomic E-state index is -0.703. The van der Waals surface area contributed by atoms with Crippen molar-refractivity contribution in [3.8, 4) is 0 Å². The minimum absolute atomic E-state index is 0.176. The maximum Gasteiger partial charge on any atom is 0.309 e. The number of rotatable bonds is 14. The number of benzene rings is 1. The molecule has 0 heterocycles. The molecule has 1 aromatic rings. The fraction of sp³-hybridized carbons (Fsp3) is 0.680. The molecular weight excluding hydrogens is 348 g/mol. The third-order valence-electron chi connectivity index (χ3n) is 6.09. The Morgan fingerprint density at radius 3 is 1.46 bits per heavy atom. The van der Waals surface area contributed by atoms with E-state index in [1.165, 1.54) is 24.0 Å². The van der Waals surface area contributed by atoms with Crippen molar-refractivity contribution in [2.75, 3.05) is 0 Å². The van der Waals surface area contributed by atoms with Crippen molar-refractivity contribution in [2.24, 2.45) is 10.8 Å². The highest BCUT2D eigenvalue weighted by Gasteiger charge is 2.26. The van der Waals surface area contributed by atoms with Gasteiger partial charge in [0.1, 0.15) is 5.78 Å². The number of aliphatic carboxylic acids is 1. The first kappa shape index (κ1) is 24.4. The molecule has 1 aromatic carbocycles. The van der Waals surface area contributed by atoms with Gasteiger partial charge in [-0.05, 0) is 70.4 Å². The molecule has 0 atom stereocenters. The van der Waals surface area contributed by atoms with Crippen molar-refractivity contribution in [2.45, 2.75) is 98.8 Å². The molecule has 3 nitrogen and oxygen atoms in total. The van der Waals surface area contributed by atoms with Crippen LogP contribution in [-0.2, 0) is 22.4 Å². The number of carbonyl (C=O) groups is 2. The predicted molar refractivity (Wildman–Crippen MR) is 117 cm³/mol. The van der Waals surface area contributed by atoms with Gasteiger partial charge in [-0.25, -0.2) is 0 Å². The first-order valence-corrected chi connectivity index (χ1v) is 10.9. The van der Waals surface area contributed by atoms with E-state index in [-0.39, 0.29) is 11.2 Å². The molecule has 0 aromatic heterocycles. The Labute approximate surface area is 171 Å². The lowest BCUT2D eigenvalue weighted by Crippen LogP contribution is -2.23. The van der Waals surface area contributed by atoms with E-state index >= 15 is 0 Å². The van der Waals surface area contributed by atoms with Crippen molar-refractivity contribution < 1.29 is 14.7 Å². The monoisotopic (exact) mass is 388 g/mol. The molecule has 0 aliphatic rings. The Kier molecular flexibility index (Phi) is 9.92. The molecule has 3 heteroatoms. The molecule has 0 aliphatic heterocycles. The van der Waals surface area contributed by atoms with Crippen LogP contribution in [0.3, 0.4) is 0 Å². The second-order valence-electron chi connectivity index (χ2n) is 9.57. The zero-order chi connectivity index (χ0) is 21.2. The highest BCUT2D eigenvalue weighted by atomic mass is 16.4. The number of carbonyl (C=O) groups excluding carboxylic acids is 1. The summed E-state index contributed by atoms with van der Waals surface area (Å²) in [6.07, 6.45) is 10.5. The van der Waals surface area contributed by atoms with Crippen molar-refractivity contribution in [1.29, 1.82) is 0 Å². The molecule has 0 radical (unpaired) electrons. The van der Waals surface area contributed by atoms with Gasteiger partial charge in [-0.15, -0.1) is 0 Å². The van der Waals surface area contributed by atoms with Gasteiger partial charge in [0, 0.05) is 5.41 Å². The Morgan fingerprint density at radius 2 is 1.11 bits per heavy atom. The summed E-state index contributed by atoms with van der Waals surface area (Å²) >= 11 is 0. The van der Waals surface area contributed by atoms with Crippen LogP contribution < -0.4 is 0 Å². The number of carboxylic acids is 1. The highest BCUT2D eigenvalue weighted by molar-refractivity contribution is 5.81. The normalized spacial score (nSPS) is 12.2. The Morgan fingerprint density at radius 1 is 0.714 bits per heavy atom. The van der Waals surface area contributed by atoms with Crippen LogP contribution in [0.4, 0.5) is 0 Å². The van der Waals surface area contributed by atoms with Crippen LogP contribution in [0.5, 0.6) is 0 Å². The Balaban J connectivity index is 2.20. The summed E-state index contributed by atoms with van der Waals surface area (Å²) in [6, 6.07) is 8.94. The number of ketones is 1. The van der Waals surface area contributed by atoms with Crippen molar-refractivity contribution in [1.82, 2.24) is 0 Å². The molecule has 0 saturated carbocycles. The van der Waals surface area contributed by atoms with E-state index in [1.807, 2.05) is 13.8 Å². The molecular formula is C25H40O3. The third-order valence-corrected chi connectivity index (χ3v) is 6.09. The van der Waals surface area contributed by atoms with E-state index < -0.39 is 11.4 Å². The summed E-state index contributed by atoms with van der Waals surface area (Å²) in [5.74, 6) is -0.417. The van der Waals surface area contributed by atoms with Crippen molar-refractivity contribution in [3.63, 3.8) is 0 Å². The Bertz CT molecular complexity index is 556. The molecule has 0 saturated heterocycles. The van der Waals surface area contributed by atoms with E-state index in [9.17, 15) is 9.59 Å². The second-order valence-corrected chi connectivity index (χ2v) is 9.57. The van der Waals surface area contributed by atoms with E-state index in [0.717, 1.165) is 51.4 Å². The van der Waals surface area contributed by atoms with Gasteiger partial charge in [0.2, 0.25) is 0 Å². The van der Waals surface area contributed by atoms with Crippen LogP contribution in [0.2, 0.25) is 0 Å². The summed E-state index contributed by atoms with van der Waals surface area (Å²) in [5, 5.41) is 9.14. The maximum atomic E-state index is 11.5. The van der Waals surface area contributed by atoms with E-state index in [4.69, 9.17) is 5.11 Å². The van der Waals surface area contributed by atoms with Crippen LogP contribution in [0, 0.1) is 10.8 Å². The molecule has 0 bridgehead atoms. The van der Waals surface area contributed by atoms with Crippen LogP contribution >= 0.6 is 0 Å². The van der Waals surface area contributed by atoms with Gasteiger partial charge < -0.3 is 5.11 Å². The van der Waals surface area contributed by atoms with Crippen LogP contribution in [-0.4, -0.2) is 16.9 Å². The van der Waals surface area contributed by atoms with Gasteiger partial charge in [0.15, 0.2) is 0 Å². The predicted octanol–water partition coefficient (Wildman–Crippen LogP) is 6.62. The molecule has 0 unspecified atom stereocenters. The van der Waals surface area contributed by atoms with Crippen molar-refractivity contribution in [3.05, 3.63) is 35.4 Å². The molecule has 0 aliphatic carbocycles. The number of Topliss-reactive ketones (excluding diaryl/α,β-unsaturated/α-hetero) is 1. The van der Waals surface area contributed by atoms with E-state index in [2.05, 4.69) is 24.3 Å². The highest BCUT2D eigenvalue weighted by Crippen LogP contribution is 2.25. The number of aryl methyl sites for hydroxylation is 2. The van der Waals surface area contributed by atoms with Gasteiger partial charge in [0.05, 0.1) is 5.41 Å². The molecule has 1 rings (SSSR count). The largest absolute Gasteiger partial charge is 0.481 e. The standard InChI is InChI=1S/C25H40O3/c1-20(26)24(2,3)18-10-6-8-12-21-14-16-22(17-15-21)13-9-7-11-19-25(4,5)23(27)28/h14-17H,6-13,18-19H2,1-5H3,(H,27,28). The number of unbranched alkanes of at least 4 members (excludes halogenated alkanes) is 4. The van der Waals surface area contributed by atoms with Crippen LogP contribution in [0.1, 0.15) is 97.1 Å². The summed E-state index contributed by atoms with van der Waals surface area (Å²) in [5.41, 5.74) is 1.97. The zero-order valence-corrected chi connectivity index (χ0v) is 18.6. The SMILES string of the molecule is CC(=O)C(C)(C)CCCCCc1ccc(CCCCCC(C)(C)C(=O)O)cc1. The van der Waals surface area contributed by atoms with Gasteiger partial charge in [-0.2, -0.15) is 0 Å². The number of hydrogen-bond acceptors (Lipinski definition) is 2. The first-order chi connectivity index (χ1) is 13.0. The second kappa shape index (κ2) is 11.4. The molecule has 28 heavy (non-hydrogen) atoms. The van der Waals surface area contributed by atoms with E-state index in [0.29, 0.717) is 0 Å². The third kappa shape index (κ3) is 9.03. The minimum Gasteiger partial charge on any atom is -0.481 e. The number of carboxylic acid groups (broad SMARTS) is 1. The fourth-order valence-electron chi connectivity index (χ4n) is 3.30. The zero-order valence-electron chi connectivity index (χ0n) is 18.6. The topological polar surface area (TPSA) is 54.4 Å². The molecule has 0 amide bonds. The fourth-order valence-corrected chi connectivity index (χ4v) is 3.30. The van der Waals surface area contributed by atoms with Gasteiger partial charge in [0.25, 0.3) is 0 Å². The summed E-state index contributed by atoms with van der Waals surface area (Å²) in [4.78, 5) is 22.6. The lowest BCUT2D eigenvalue weighted by molar-refractivity contribution is -0.147. The first-order valence-electron chi connectivity index (χ1n) is 10.9. The van der Waals surface area contributed by atoms with E-state index in [1.54, 1.807) is 20.8 Å². The summed E-state index contributed by atoms with van der Waals surface area (Å²) < 4.78 is 0. The summed E-state index contributed by atoms with van der Waals surface area (Å²) in [6.45, 7) is 9.39. The van der Waals surface area contributed by atoms with Crippen LogP contribution in [0.25, 0.3) is 0 Å². The van der Waals surface area contributed by atoms with Crippen LogP contribution in [0.15, 0.2) is 24.3 Å². The molecule has 0 fully saturated rings. The lowest BCUT2D eigenvalue weighted by Gasteiger charge is -2.20. The van der Waals surface area contributed by atoms with Gasteiger partial charge in [-0.1, -0.05) is 63.8 Å². The molecule has 0 spiro atoms. The molecule has 158 valence electrons. The summed E-state index contributed by atoms with van der Waals surface area (Å²) in [7, 11) is 0. The van der Waals surface area contributed by atoms with Crippen molar-refractivity contribution >= 4 is 11.8 Å². The number of hydrogen-bond donors (Lipinski definition) is 1. The molecule has 1 N–H and O–H groups in total. The quantitative estimate of drug-likeness (QED) is 0.364. The average molecular weight is 389 g/mol. The lowest BCUT2D eigenvalue weighted by atomic mass is 9.83.